The van der Waals surface area contributed by atoms with Crippen LogP contribution in [0, 0.1) is 0 Å². The van der Waals surface area contributed by atoms with Gasteiger partial charge in [-0.15, -0.1) is 0 Å². The van der Waals surface area contributed by atoms with Crippen molar-refractivity contribution in [2.75, 3.05) is 19.5 Å². The molecule has 0 aromatic heterocycles. The molecule has 10 heteroatoms. The second-order valence-electron chi connectivity index (χ2n) is 8.32. The number of para-hydroxylation sites is 1. The lowest BCUT2D eigenvalue weighted by Gasteiger charge is -2.38. The highest BCUT2D eigenvalue weighted by Gasteiger charge is 2.32. The number of hydrogen-bond donors (Lipinski definition) is 4. The average molecular weight is 605 g/mol. The highest BCUT2D eigenvalue weighted by Crippen LogP contribution is 2.33. The maximum Gasteiger partial charge on any atom is 0.379 e. The summed E-state index contributed by atoms with van der Waals surface area (Å²) in [5, 5.41) is 14.0. The summed E-state index contributed by atoms with van der Waals surface area (Å²) in [5.74, 6) is -0.243. The Balaban J connectivity index is -0.00000111. The van der Waals surface area contributed by atoms with Gasteiger partial charge in [-0.2, -0.15) is 13.2 Å². The number of rotatable bonds is 7. The van der Waals surface area contributed by atoms with Crippen LogP contribution in [0.25, 0.3) is 0 Å². The summed E-state index contributed by atoms with van der Waals surface area (Å²) in [6.07, 6.45) is 10.4. The summed E-state index contributed by atoms with van der Waals surface area (Å²) in [4.78, 5) is 14.8. The number of allylic oxidation sites excluding steroid dienone is 4. The number of fused-ring (bicyclic) bond motifs is 1. The van der Waals surface area contributed by atoms with Crippen molar-refractivity contribution >= 4 is 11.6 Å². The predicted molar refractivity (Wildman–Crippen MR) is 170 cm³/mol. The van der Waals surface area contributed by atoms with Gasteiger partial charge in [0.2, 0.25) is 0 Å². The molecule has 2 aliphatic rings. The molecular formula is C32H56F4N4O2. The van der Waals surface area contributed by atoms with Crippen molar-refractivity contribution in [3.8, 4) is 0 Å². The number of likely N-dealkylation sites (N-methyl/N-ethyl adjacent to an activating group) is 1. The average Bonchev–Trinajstić information content (AvgIpc) is 3.02. The molecule has 1 aliphatic carbocycles. The smallest absolute Gasteiger partial charge is 0.379 e. The Bertz CT molecular complexity index is 930. The van der Waals surface area contributed by atoms with Crippen molar-refractivity contribution in [2.45, 2.75) is 113 Å². The molecule has 0 spiro atoms. The number of benzene rings is 1. The first-order chi connectivity index (χ1) is 20.1. The summed E-state index contributed by atoms with van der Waals surface area (Å²) in [6.45, 7) is 12.2. The molecule has 0 saturated heterocycles. The first-order valence-electron chi connectivity index (χ1n) is 14.9. The molecule has 1 aliphatic heterocycles. The van der Waals surface area contributed by atoms with Crippen molar-refractivity contribution < 1.29 is 27.5 Å². The van der Waals surface area contributed by atoms with Crippen LogP contribution in [-0.4, -0.2) is 49.0 Å². The summed E-state index contributed by atoms with van der Waals surface area (Å²) in [6, 6.07) is 5.56. The van der Waals surface area contributed by atoms with Gasteiger partial charge in [0.1, 0.15) is 6.17 Å². The van der Waals surface area contributed by atoms with Gasteiger partial charge in [0.25, 0.3) is 5.91 Å². The summed E-state index contributed by atoms with van der Waals surface area (Å²) in [7, 11) is 2.86. The van der Waals surface area contributed by atoms with Crippen LogP contribution in [0.5, 0.6) is 0 Å². The van der Waals surface area contributed by atoms with Crippen LogP contribution in [0.15, 0.2) is 53.5 Å². The first-order valence-corrected chi connectivity index (χ1v) is 14.9. The van der Waals surface area contributed by atoms with E-state index in [4.69, 9.17) is 10.8 Å². The minimum Gasteiger partial charge on any atom is -0.400 e. The Hall–Kier alpha value is -2.85. The number of carbonyl (C=O) groups is 1. The lowest BCUT2D eigenvalue weighted by Crippen LogP contribution is -2.48. The number of halogens is 4. The lowest BCUT2D eigenvalue weighted by molar-refractivity contribution is 0.00818. The number of aliphatic hydroxyl groups excluding tert-OH is 1. The van der Waals surface area contributed by atoms with E-state index in [-0.39, 0.29) is 23.9 Å². The summed E-state index contributed by atoms with van der Waals surface area (Å²) >= 11 is 0. The van der Waals surface area contributed by atoms with E-state index in [9.17, 15) is 22.4 Å². The van der Waals surface area contributed by atoms with Crippen LogP contribution >= 0.6 is 0 Å². The molecule has 244 valence electrons. The number of carbonyl (C=O) groups excluding carboxylic acids is 1. The molecule has 42 heavy (non-hydrogen) atoms. The van der Waals surface area contributed by atoms with Crippen molar-refractivity contribution in [2.24, 2.45) is 5.73 Å². The number of nitrogens with two attached hydrogens (primary N) is 1. The van der Waals surface area contributed by atoms with Gasteiger partial charge in [-0.25, -0.2) is 4.39 Å². The first kappa shape index (κ1) is 43.6. The van der Waals surface area contributed by atoms with Gasteiger partial charge in [0.05, 0.1) is 17.1 Å². The fourth-order valence-corrected chi connectivity index (χ4v) is 4.03. The molecule has 1 aromatic carbocycles. The quantitative estimate of drug-likeness (QED) is 0.142. The third-order valence-corrected chi connectivity index (χ3v) is 5.86. The second kappa shape index (κ2) is 27.0. The molecule has 1 amide bonds. The Labute approximate surface area is 252 Å². The molecule has 0 radical (unpaired) electrons. The predicted octanol–water partition coefficient (Wildman–Crippen LogP) is 8.46. The second-order valence-corrected chi connectivity index (χ2v) is 8.32. The largest absolute Gasteiger partial charge is 0.400 e. The lowest BCUT2D eigenvalue weighted by atomic mass is 9.94. The zero-order valence-corrected chi connectivity index (χ0v) is 27.3. The van der Waals surface area contributed by atoms with E-state index >= 15 is 0 Å². The highest BCUT2D eigenvalue weighted by molar-refractivity contribution is 6.02. The molecule has 1 heterocycles. The van der Waals surface area contributed by atoms with Gasteiger partial charge in [-0.3, -0.25) is 4.79 Å². The third-order valence-electron chi connectivity index (χ3n) is 5.86. The third kappa shape index (κ3) is 16.0. The van der Waals surface area contributed by atoms with Crippen LogP contribution in [0.2, 0.25) is 0 Å². The van der Waals surface area contributed by atoms with Crippen LogP contribution in [0.4, 0.5) is 23.2 Å². The number of anilines is 1. The Morgan fingerprint density at radius 3 is 2.17 bits per heavy atom. The highest BCUT2D eigenvalue weighted by atomic mass is 19.4. The van der Waals surface area contributed by atoms with Gasteiger partial charge >= 0.3 is 6.68 Å². The molecule has 0 fully saturated rings. The minimum absolute atomic E-state index is 0.0269. The molecule has 0 saturated carbocycles. The van der Waals surface area contributed by atoms with Gasteiger partial charge in [-0.05, 0) is 68.4 Å². The SMILES string of the molecule is CC.CC.CC.CCC(N)/C(=C\C=C(/C)F)NCc1cccc2c1NC(C1=CCCCC1)N(C)C2=O.CO.FC(F)F. The Kier molecular flexibility index (Phi) is 28.0. The zero-order chi connectivity index (χ0) is 33.3. The topological polar surface area (TPSA) is 90.6 Å². The number of hydrogen-bond acceptors (Lipinski definition) is 5. The van der Waals surface area contributed by atoms with E-state index < -0.39 is 6.68 Å². The molecule has 2 unspecified atom stereocenters. The molecule has 0 bridgehead atoms. The van der Waals surface area contributed by atoms with Crippen LogP contribution in [0.3, 0.4) is 0 Å². The van der Waals surface area contributed by atoms with Crippen LogP contribution in [0.1, 0.15) is 103 Å². The standard InChI is InChI=1S/C24H33FN4O.3C2H6.CHF3.CH4O/c1-4-20(26)21(14-13-16(2)25)27-15-18-11-8-12-19-22(18)28-23(29(3)24(19)30)17-9-6-5-7-10-17;3*1-2;2-1(3)4;1-2/h8-9,11-14,20,23,27-28H,4-7,10,15,26H2,1-3H3;3*1-2H3;1H;2H,1H3/b16-13+,21-14+;;;;;. The summed E-state index contributed by atoms with van der Waals surface area (Å²) < 4.78 is 42.2. The van der Waals surface area contributed by atoms with Gasteiger partial charge in [-0.1, -0.05) is 66.7 Å². The van der Waals surface area contributed by atoms with Crippen molar-refractivity contribution in [3.05, 3.63) is 64.7 Å². The van der Waals surface area contributed by atoms with Gasteiger partial charge < -0.3 is 26.4 Å². The van der Waals surface area contributed by atoms with E-state index in [1.807, 2.05) is 73.7 Å². The molecule has 2 atom stereocenters. The number of amides is 1. The van der Waals surface area contributed by atoms with E-state index in [0.29, 0.717) is 12.1 Å². The van der Waals surface area contributed by atoms with Crippen molar-refractivity contribution in [3.63, 3.8) is 0 Å². The van der Waals surface area contributed by atoms with Crippen LogP contribution in [-0.2, 0) is 6.54 Å². The molecule has 3 rings (SSSR count). The van der Waals surface area contributed by atoms with Crippen molar-refractivity contribution in [1.82, 2.24) is 10.2 Å². The fourth-order valence-electron chi connectivity index (χ4n) is 4.03. The number of aliphatic hydroxyl groups is 1. The zero-order valence-electron chi connectivity index (χ0n) is 27.3. The minimum atomic E-state index is -3.67. The van der Waals surface area contributed by atoms with Crippen molar-refractivity contribution in [1.29, 1.82) is 0 Å². The van der Waals surface area contributed by atoms with Crippen LogP contribution < -0.4 is 16.4 Å². The monoisotopic (exact) mass is 604 g/mol. The Morgan fingerprint density at radius 2 is 1.69 bits per heavy atom. The van der Waals surface area contributed by atoms with Gasteiger partial charge in [0.15, 0.2) is 0 Å². The van der Waals surface area contributed by atoms with E-state index in [0.717, 1.165) is 49.7 Å². The maximum atomic E-state index is 13.2. The maximum absolute atomic E-state index is 13.2. The number of nitrogens with zero attached hydrogens (tertiary/aromatic N) is 1. The van der Waals surface area contributed by atoms with E-state index in [2.05, 4.69) is 16.7 Å². The molecule has 1 aromatic rings. The van der Waals surface area contributed by atoms with E-state index in [1.54, 1.807) is 11.0 Å². The van der Waals surface area contributed by atoms with Gasteiger partial charge in [0, 0.05) is 32.4 Å². The molecule has 6 nitrogen and oxygen atoms in total. The summed E-state index contributed by atoms with van der Waals surface area (Å²) in [5.41, 5.74) is 10.8. The fraction of sp³-hybridized carbons (Fsp3) is 0.594. The van der Waals surface area contributed by atoms with E-state index in [1.165, 1.54) is 25.0 Å². The normalized spacial score (nSPS) is 16.4. The molecular weight excluding hydrogens is 548 g/mol. The number of alkyl halides is 3. The number of nitrogens with one attached hydrogen (secondary N) is 2. The molecule has 5 N–H and O–H groups in total. The Morgan fingerprint density at radius 1 is 1.12 bits per heavy atom.